The fourth-order valence-electron chi connectivity index (χ4n) is 1.93. The lowest BCUT2D eigenvalue weighted by Crippen LogP contribution is -2.08. The molecule has 0 saturated heterocycles. The van der Waals surface area contributed by atoms with Gasteiger partial charge in [-0.2, -0.15) is 8.78 Å². The number of carbonyl (C=O) groups excluding carboxylic acids is 1. The van der Waals surface area contributed by atoms with Crippen molar-refractivity contribution in [2.45, 2.75) is 6.61 Å². The topological polar surface area (TPSA) is 47.6 Å². The molecular formula is C17H13Cl2F2NO3. The first-order valence-electron chi connectivity index (χ1n) is 6.96. The Morgan fingerprint density at radius 1 is 1.20 bits per heavy atom. The van der Waals surface area contributed by atoms with Gasteiger partial charge < -0.3 is 14.8 Å². The fraction of sp³-hybridized carbons (Fsp3) is 0.118. The first kappa shape index (κ1) is 19.0. The third-order valence-corrected chi connectivity index (χ3v) is 3.86. The van der Waals surface area contributed by atoms with Gasteiger partial charge in [0.1, 0.15) is 0 Å². The molecule has 0 saturated carbocycles. The summed E-state index contributed by atoms with van der Waals surface area (Å²) < 4.78 is 33.9. The molecular weight excluding hydrogens is 375 g/mol. The Balaban J connectivity index is 2.10. The summed E-state index contributed by atoms with van der Waals surface area (Å²) in [5, 5.41) is 3.15. The molecule has 0 aliphatic carbocycles. The van der Waals surface area contributed by atoms with Crippen molar-refractivity contribution in [1.82, 2.24) is 0 Å². The van der Waals surface area contributed by atoms with Crippen molar-refractivity contribution >= 4 is 40.9 Å². The van der Waals surface area contributed by atoms with Crippen LogP contribution in [-0.2, 0) is 4.79 Å². The zero-order valence-electron chi connectivity index (χ0n) is 12.9. The zero-order chi connectivity index (χ0) is 18.4. The Bertz CT molecular complexity index is 797. The van der Waals surface area contributed by atoms with Crippen molar-refractivity contribution in [3.63, 3.8) is 0 Å². The predicted octanol–water partition coefficient (Wildman–Crippen LogP) is 5.26. The highest BCUT2D eigenvalue weighted by atomic mass is 35.5. The van der Waals surface area contributed by atoms with E-state index in [1.807, 2.05) is 0 Å². The molecule has 25 heavy (non-hydrogen) atoms. The maximum absolute atomic E-state index is 12.3. The molecule has 2 aromatic rings. The Morgan fingerprint density at radius 2 is 1.96 bits per heavy atom. The van der Waals surface area contributed by atoms with Crippen LogP contribution in [0.25, 0.3) is 6.08 Å². The normalized spacial score (nSPS) is 11.0. The monoisotopic (exact) mass is 387 g/mol. The minimum absolute atomic E-state index is 0.0928. The summed E-state index contributed by atoms with van der Waals surface area (Å²) in [5.41, 5.74) is 0.938. The number of benzene rings is 2. The summed E-state index contributed by atoms with van der Waals surface area (Å²) in [6, 6.07) is 9.17. The highest BCUT2D eigenvalue weighted by Crippen LogP contribution is 2.31. The summed E-state index contributed by atoms with van der Waals surface area (Å²) in [4.78, 5) is 12.0. The second-order valence-electron chi connectivity index (χ2n) is 4.71. The second kappa shape index (κ2) is 8.69. The van der Waals surface area contributed by atoms with Crippen molar-refractivity contribution in [3.05, 3.63) is 58.1 Å². The zero-order valence-corrected chi connectivity index (χ0v) is 14.4. The van der Waals surface area contributed by atoms with Gasteiger partial charge in [0.05, 0.1) is 22.8 Å². The molecule has 4 nitrogen and oxygen atoms in total. The molecule has 0 bridgehead atoms. The van der Waals surface area contributed by atoms with Gasteiger partial charge in [-0.05, 0) is 35.9 Å². The van der Waals surface area contributed by atoms with Gasteiger partial charge in [-0.15, -0.1) is 0 Å². The number of ether oxygens (including phenoxy) is 2. The van der Waals surface area contributed by atoms with Gasteiger partial charge in [-0.1, -0.05) is 35.3 Å². The lowest BCUT2D eigenvalue weighted by atomic mass is 10.2. The lowest BCUT2D eigenvalue weighted by Gasteiger charge is -2.10. The van der Waals surface area contributed by atoms with E-state index in [1.54, 1.807) is 18.2 Å². The Morgan fingerprint density at radius 3 is 2.64 bits per heavy atom. The largest absolute Gasteiger partial charge is 0.493 e. The van der Waals surface area contributed by atoms with Crippen LogP contribution < -0.4 is 14.8 Å². The standard InChI is InChI=1S/C17H13Cl2F2NO3/c1-24-14-9-10(5-7-13(14)25-17(20)21)6-8-15(23)22-12-4-2-3-11(18)16(12)19/h2-9,17H,1H3,(H,22,23)/b8-6+. The molecule has 1 amide bonds. The number of nitrogens with one attached hydrogen (secondary N) is 1. The third-order valence-electron chi connectivity index (χ3n) is 3.04. The van der Waals surface area contributed by atoms with Crippen LogP contribution in [-0.4, -0.2) is 19.6 Å². The van der Waals surface area contributed by atoms with Crippen molar-refractivity contribution in [2.24, 2.45) is 0 Å². The van der Waals surface area contributed by atoms with Crippen molar-refractivity contribution < 1.29 is 23.0 Å². The number of rotatable bonds is 6. The smallest absolute Gasteiger partial charge is 0.387 e. The number of amides is 1. The number of carbonyl (C=O) groups is 1. The average Bonchev–Trinajstić information content (AvgIpc) is 2.57. The highest BCUT2D eigenvalue weighted by molar-refractivity contribution is 6.44. The number of methoxy groups -OCH3 is 1. The Hall–Kier alpha value is -2.31. The quantitative estimate of drug-likeness (QED) is 0.688. The fourth-order valence-corrected chi connectivity index (χ4v) is 2.28. The van der Waals surface area contributed by atoms with Gasteiger partial charge in [0.2, 0.25) is 5.91 Å². The molecule has 8 heteroatoms. The number of halogens is 4. The summed E-state index contributed by atoms with van der Waals surface area (Å²) >= 11 is 11.9. The van der Waals surface area contributed by atoms with E-state index >= 15 is 0 Å². The number of alkyl halides is 2. The summed E-state index contributed by atoms with van der Waals surface area (Å²) in [6.45, 7) is -2.96. The molecule has 0 aromatic heterocycles. The number of anilines is 1. The van der Waals surface area contributed by atoms with Gasteiger partial charge in [0, 0.05) is 6.08 Å². The molecule has 0 radical (unpaired) electrons. The molecule has 0 aliphatic rings. The highest BCUT2D eigenvalue weighted by Gasteiger charge is 2.10. The van der Waals surface area contributed by atoms with Gasteiger partial charge in [0.25, 0.3) is 0 Å². The molecule has 0 fully saturated rings. The van der Waals surface area contributed by atoms with Crippen LogP contribution in [0.15, 0.2) is 42.5 Å². The van der Waals surface area contributed by atoms with Crippen LogP contribution in [0.5, 0.6) is 11.5 Å². The van der Waals surface area contributed by atoms with E-state index in [2.05, 4.69) is 10.1 Å². The molecule has 0 heterocycles. The third kappa shape index (κ3) is 5.34. The minimum Gasteiger partial charge on any atom is -0.493 e. The molecule has 132 valence electrons. The summed E-state index contributed by atoms with van der Waals surface area (Å²) in [6.07, 6.45) is 2.75. The molecule has 2 aromatic carbocycles. The first-order valence-corrected chi connectivity index (χ1v) is 7.72. The van der Waals surface area contributed by atoms with E-state index in [4.69, 9.17) is 27.9 Å². The Labute approximate surface area is 152 Å². The van der Waals surface area contributed by atoms with Gasteiger partial charge in [-0.3, -0.25) is 4.79 Å². The van der Waals surface area contributed by atoms with Crippen LogP contribution in [0.1, 0.15) is 5.56 Å². The minimum atomic E-state index is -2.96. The SMILES string of the molecule is COc1cc(/C=C/C(=O)Nc2cccc(Cl)c2Cl)ccc1OC(F)F. The summed E-state index contributed by atoms with van der Waals surface area (Å²) in [7, 11) is 1.33. The predicted molar refractivity (Wildman–Crippen MR) is 93.8 cm³/mol. The van der Waals surface area contributed by atoms with Gasteiger partial charge in [-0.25, -0.2) is 0 Å². The second-order valence-corrected chi connectivity index (χ2v) is 5.50. The van der Waals surface area contributed by atoms with Crippen LogP contribution in [0.3, 0.4) is 0 Å². The van der Waals surface area contributed by atoms with E-state index in [0.29, 0.717) is 16.3 Å². The molecule has 0 atom stereocenters. The van der Waals surface area contributed by atoms with Gasteiger partial charge in [0.15, 0.2) is 11.5 Å². The lowest BCUT2D eigenvalue weighted by molar-refractivity contribution is -0.111. The number of hydrogen-bond acceptors (Lipinski definition) is 3. The van der Waals surface area contributed by atoms with Gasteiger partial charge >= 0.3 is 6.61 Å². The maximum Gasteiger partial charge on any atom is 0.387 e. The van der Waals surface area contributed by atoms with Crippen molar-refractivity contribution in [2.75, 3.05) is 12.4 Å². The van der Waals surface area contributed by atoms with Crippen LogP contribution in [0, 0.1) is 0 Å². The van der Waals surface area contributed by atoms with E-state index in [0.717, 1.165) is 0 Å². The van der Waals surface area contributed by atoms with Crippen molar-refractivity contribution in [1.29, 1.82) is 0 Å². The van der Waals surface area contributed by atoms with E-state index in [9.17, 15) is 13.6 Å². The molecule has 0 unspecified atom stereocenters. The van der Waals surface area contributed by atoms with Crippen LogP contribution >= 0.6 is 23.2 Å². The number of hydrogen-bond donors (Lipinski definition) is 1. The van der Waals surface area contributed by atoms with E-state index in [1.165, 1.54) is 37.5 Å². The molecule has 0 spiro atoms. The molecule has 1 N–H and O–H groups in total. The maximum atomic E-state index is 12.3. The van der Waals surface area contributed by atoms with Crippen LogP contribution in [0.4, 0.5) is 14.5 Å². The average molecular weight is 388 g/mol. The molecule has 2 rings (SSSR count). The first-order chi connectivity index (χ1) is 11.9. The molecule has 0 aliphatic heterocycles. The van der Waals surface area contributed by atoms with Crippen molar-refractivity contribution in [3.8, 4) is 11.5 Å². The Kier molecular flexibility index (Phi) is 6.61. The van der Waals surface area contributed by atoms with E-state index in [-0.39, 0.29) is 16.5 Å². The summed E-state index contributed by atoms with van der Waals surface area (Å²) in [5.74, 6) is -0.401. The van der Waals surface area contributed by atoms with E-state index < -0.39 is 12.5 Å². The van der Waals surface area contributed by atoms with Crippen LogP contribution in [0.2, 0.25) is 10.0 Å².